The number of nitrogens with one attached hydrogen (secondary N) is 1. The van der Waals surface area contributed by atoms with Crippen molar-refractivity contribution in [3.05, 3.63) is 29.8 Å². The van der Waals surface area contributed by atoms with E-state index in [-0.39, 0.29) is 30.3 Å². The Morgan fingerprint density at radius 2 is 2.04 bits per heavy atom. The van der Waals surface area contributed by atoms with E-state index in [2.05, 4.69) is 20.3 Å². The summed E-state index contributed by atoms with van der Waals surface area (Å²) < 4.78 is 43.4. The molecule has 0 fully saturated rings. The number of anilines is 2. The molecule has 1 heterocycles. The first-order valence-corrected chi connectivity index (χ1v) is 8.12. The Hall–Kier alpha value is -2.23. The second kappa shape index (κ2) is 7.56. The highest BCUT2D eigenvalue weighted by Crippen LogP contribution is 2.31. The molecule has 0 amide bonds. The Bertz CT molecular complexity index is 698. The summed E-state index contributed by atoms with van der Waals surface area (Å²) in [5.74, 6) is 0.508. The van der Waals surface area contributed by atoms with E-state index in [0.29, 0.717) is 5.16 Å². The first-order valence-electron chi connectivity index (χ1n) is 6.90. The molecule has 0 aliphatic heterocycles. The molecule has 3 N–H and O–H groups in total. The summed E-state index contributed by atoms with van der Waals surface area (Å²) in [4.78, 5) is 12.0. The molecule has 0 saturated heterocycles. The van der Waals surface area contributed by atoms with Gasteiger partial charge < -0.3 is 15.8 Å². The van der Waals surface area contributed by atoms with Crippen LogP contribution in [0.5, 0.6) is 5.75 Å². The Labute approximate surface area is 141 Å². The number of aromatic nitrogens is 3. The zero-order chi connectivity index (χ0) is 17.7. The smallest absolute Gasteiger partial charge is 0.416 e. The first kappa shape index (κ1) is 18.1. The van der Waals surface area contributed by atoms with Crippen LogP contribution in [0.15, 0.2) is 29.4 Å². The molecule has 1 unspecified atom stereocenters. The largest absolute Gasteiger partial charge is 0.491 e. The van der Waals surface area contributed by atoms with Crippen LogP contribution in [-0.2, 0) is 6.18 Å². The predicted molar refractivity (Wildman–Crippen MR) is 86.0 cm³/mol. The number of hydrogen-bond acceptors (Lipinski definition) is 7. The quantitative estimate of drug-likeness (QED) is 0.767. The molecule has 0 aliphatic carbocycles. The van der Waals surface area contributed by atoms with Gasteiger partial charge in [0.1, 0.15) is 12.4 Å². The van der Waals surface area contributed by atoms with Crippen LogP contribution < -0.4 is 15.8 Å². The van der Waals surface area contributed by atoms with Crippen molar-refractivity contribution in [2.75, 3.05) is 23.9 Å². The predicted octanol–water partition coefficient (Wildman–Crippen LogP) is 3.07. The normalized spacial score (nSPS) is 12.7. The summed E-state index contributed by atoms with van der Waals surface area (Å²) in [5, 5.41) is 3.44. The van der Waals surface area contributed by atoms with E-state index >= 15 is 0 Å². The van der Waals surface area contributed by atoms with Gasteiger partial charge in [0, 0.05) is 0 Å². The lowest BCUT2D eigenvalue weighted by atomic mass is 10.2. The van der Waals surface area contributed by atoms with Gasteiger partial charge in [-0.3, -0.25) is 0 Å². The molecule has 1 aromatic carbocycles. The van der Waals surface area contributed by atoms with Crippen LogP contribution in [0.25, 0.3) is 0 Å². The zero-order valence-corrected chi connectivity index (χ0v) is 13.8. The average Bonchev–Trinajstić information content (AvgIpc) is 2.52. The second-order valence-corrected chi connectivity index (χ2v) is 5.66. The van der Waals surface area contributed by atoms with E-state index in [0.717, 1.165) is 12.1 Å². The van der Waals surface area contributed by atoms with E-state index in [9.17, 15) is 13.2 Å². The van der Waals surface area contributed by atoms with Gasteiger partial charge in [0.05, 0.1) is 11.6 Å². The molecule has 1 aromatic heterocycles. The molecule has 10 heteroatoms. The van der Waals surface area contributed by atoms with Gasteiger partial charge in [0.25, 0.3) is 0 Å². The van der Waals surface area contributed by atoms with Crippen molar-refractivity contribution < 1.29 is 17.9 Å². The summed E-state index contributed by atoms with van der Waals surface area (Å²) >= 11 is 1.32. The topological polar surface area (TPSA) is 86.0 Å². The lowest BCUT2D eigenvalue weighted by Crippen LogP contribution is -2.25. The summed E-state index contributed by atoms with van der Waals surface area (Å²) in [6, 6.07) is 4.46. The van der Waals surface area contributed by atoms with Crippen LogP contribution in [0.4, 0.5) is 25.1 Å². The van der Waals surface area contributed by atoms with Gasteiger partial charge >= 0.3 is 6.18 Å². The van der Waals surface area contributed by atoms with Crippen molar-refractivity contribution in [1.82, 2.24) is 15.0 Å². The van der Waals surface area contributed by atoms with Gasteiger partial charge in [-0.2, -0.15) is 28.1 Å². The molecular weight excluding hydrogens is 343 g/mol. The maximum Gasteiger partial charge on any atom is 0.416 e. The minimum absolute atomic E-state index is 0.0860. The fourth-order valence-corrected chi connectivity index (χ4v) is 2.14. The number of hydrogen-bond donors (Lipinski definition) is 2. The number of nitrogens with two attached hydrogens (primary N) is 1. The molecule has 0 saturated carbocycles. The maximum absolute atomic E-state index is 12.7. The third kappa shape index (κ3) is 5.15. The Morgan fingerprint density at radius 1 is 1.29 bits per heavy atom. The van der Waals surface area contributed by atoms with Crippen molar-refractivity contribution >= 4 is 23.7 Å². The van der Waals surface area contributed by atoms with E-state index in [1.165, 1.54) is 23.9 Å². The molecule has 24 heavy (non-hydrogen) atoms. The van der Waals surface area contributed by atoms with Crippen LogP contribution in [-0.4, -0.2) is 33.9 Å². The summed E-state index contributed by atoms with van der Waals surface area (Å²) in [7, 11) is 0. The number of rotatable bonds is 6. The Kier molecular flexibility index (Phi) is 5.71. The third-order valence-corrected chi connectivity index (χ3v) is 3.40. The highest BCUT2D eigenvalue weighted by molar-refractivity contribution is 7.98. The molecule has 0 aliphatic rings. The number of ether oxygens (including phenoxy) is 1. The number of nitrogens with zero attached hydrogens (tertiary/aromatic N) is 3. The van der Waals surface area contributed by atoms with E-state index in [1.54, 1.807) is 13.2 Å². The monoisotopic (exact) mass is 359 g/mol. The molecule has 0 spiro atoms. The summed E-state index contributed by atoms with van der Waals surface area (Å²) in [5.41, 5.74) is 4.83. The van der Waals surface area contributed by atoms with Gasteiger partial charge in [-0.05, 0) is 31.4 Å². The molecule has 0 radical (unpaired) electrons. The fourth-order valence-electron chi connectivity index (χ4n) is 1.77. The van der Waals surface area contributed by atoms with Crippen molar-refractivity contribution in [3.63, 3.8) is 0 Å². The number of benzene rings is 1. The fraction of sp³-hybridized carbons (Fsp3) is 0.357. The molecule has 1 atom stereocenters. The van der Waals surface area contributed by atoms with E-state index in [4.69, 9.17) is 10.5 Å². The number of thioether (sulfide) groups is 1. The van der Waals surface area contributed by atoms with Crippen molar-refractivity contribution in [2.45, 2.75) is 24.3 Å². The van der Waals surface area contributed by atoms with Crippen LogP contribution in [0.2, 0.25) is 0 Å². The van der Waals surface area contributed by atoms with Gasteiger partial charge in [0.15, 0.2) is 5.16 Å². The second-order valence-electron chi connectivity index (χ2n) is 4.89. The minimum atomic E-state index is -4.40. The van der Waals surface area contributed by atoms with Crippen molar-refractivity contribution in [3.8, 4) is 5.75 Å². The molecular formula is C14H16F3N5OS. The van der Waals surface area contributed by atoms with Gasteiger partial charge in [-0.25, -0.2) is 0 Å². The highest BCUT2D eigenvalue weighted by Gasteiger charge is 2.30. The number of alkyl halides is 3. The summed E-state index contributed by atoms with van der Waals surface area (Å²) in [6.07, 6.45) is -2.60. The molecule has 2 rings (SSSR count). The molecule has 2 aromatic rings. The van der Waals surface area contributed by atoms with Crippen LogP contribution in [0.3, 0.4) is 0 Å². The number of halogens is 3. The van der Waals surface area contributed by atoms with Crippen LogP contribution in [0, 0.1) is 0 Å². The van der Waals surface area contributed by atoms with Crippen molar-refractivity contribution in [1.29, 1.82) is 0 Å². The minimum Gasteiger partial charge on any atom is -0.491 e. The highest BCUT2D eigenvalue weighted by atomic mass is 32.2. The zero-order valence-electron chi connectivity index (χ0n) is 13.0. The Balaban J connectivity index is 1.96. The average molecular weight is 359 g/mol. The Morgan fingerprint density at radius 3 is 2.71 bits per heavy atom. The van der Waals surface area contributed by atoms with Crippen LogP contribution in [0.1, 0.15) is 12.5 Å². The standard InChI is InChI=1S/C14H16F3N5OS/c1-8(19-12-20-11(18)21-13(22-12)24-2)7-23-10-5-3-4-9(6-10)14(15,16)17/h3-6,8H,7H2,1-2H3,(H3,18,19,20,21,22). The van der Waals surface area contributed by atoms with Gasteiger partial charge in [-0.1, -0.05) is 17.8 Å². The molecule has 130 valence electrons. The first-order chi connectivity index (χ1) is 11.3. The molecule has 6 nitrogen and oxygen atoms in total. The maximum atomic E-state index is 12.7. The van der Waals surface area contributed by atoms with Gasteiger partial charge in [0.2, 0.25) is 11.9 Å². The number of nitrogen functional groups attached to an aromatic ring is 1. The molecule has 0 bridgehead atoms. The SMILES string of the molecule is CSc1nc(N)nc(NC(C)COc2cccc(C(F)(F)F)c2)n1. The third-order valence-electron chi connectivity index (χ3n) is 2.85. The van der Waals surface area contributed by atoms with E-state index < -0.39 is 11.7 Å². The van der Waals surface area contributed by atoms with E-state index in [1.807, 2.05) is 0 Å². The lowest BCUT2D eigenvalue weighted by Gasteiger charge is -2.16. The van der Waals surface area contributed by atoms with Crippen LogP contribution >= 0.6 is 11.8 Å². The lowest BCUT2D eigenvalue weighted by molar-refractivity contribution is -0.137. The van der Waals surface area contributed by atoms with Crippen molar-refractivity contribution in [2.24, 2.45) is 0 Å². The van der Waals surface area contributed by atoms with Gasteiger partial charge in [-0.15, -0.1) is 0 Å². The summed E-state index contributed by atoms with van der Waals surface area (Å²) in [6.45, 7) is 1.91.